The minimum absolute atomic E-state index is 0.0318. The highest BCUT2D eigenvalue weighted by molar-refractivity contribution is 5.96. The number of anilines is 1. The van der Waals surface area contributed by atoms with Crippen molar-refractivity contribution in [1.29, 1.82) is 0 Å². The molecule has 3 N–H and O–H groups in total. The lowest BCUT2D eigenvalue weighted by Gasteiger charge is -2.14. The molecule has 0 unspecified atom stereocenters. The number of hydrogen-bond donors (Lipinski definition) is 2. The van der Waals surface area contributed by atoms with Gasteiger partial charge >= 0.3 is 11.9 Å². The summed E-state index contributed by atoms with van der Waals surface area (Å²) in [7, 11) is 1.51. The van der Waals surface area contributed by atoms with Crippen molar-refractivity contribution in [1.82, 2.24) is 0 Å². The van der Waals surface area contributed by atoms with E-state index in [2.05, 4.69) is 5.92 Å². The van der Waals surface area contributed by atoms with Crippen LogP contribution in [0.15, 0.2) is 51.2 Å². The Morgan fingerprint density at radius 3 is 2.45 bits per heavy atom. The van der Waals surface area contributed by atoms with Gasteiger partial charge < -0.3 is 34.2 Å². The number of aromatic hydroxyl groups is 1. The van der Waals surface area contributed by atoms with Crippen LogP contribution in [-0.2, 0) is 25.5 Å². The summed E-state index contributed by atoms with van der Waals surface area (Å²) in [5, 5.41) is 10.6. The van der Waals surface area contributed by atoms with Gasteiger partial charge in [-0.3, -0.25) is 14.4 Å². The second-order valence-electron chi connectivity index (χ2n) is 9.63. The van der Waals surface area contributed by atoms with E-state index in [1.54, 1.807) is 24.3 Å². The molecule has 0 aliphatic rings. The number of esters is 2. The molecular weight excluding hydrogens is 542 g/mol. The number of nitrogen functional groups attached to an aromatic ring is 1. The van der Waals surface area contributed by atoms with E-state index < -0.39 is 17.4 Å². The third-order valence-corrected chi connectivity index (χ3v) is 6.18. The zero-order valence-electron chi connectivity index (χ0n) is 24.0. The number of fused-ring (bicyclic) bond motifs is 1. The Balaban J connectivity index is 1.89. The highest BCUT2D eigenvalue weighted by Crippen LogP contribution is 2.38. The van der Waals surface area contributed by atoms with Crippen molar-refractivity contribution in [3.63, 3.8) is 0 Å². The normalized spacial score (nSPS) is 10.6. The number of methoxy groups -OCH3 is 1. The van der Waals surface area contributed by atoms with E-state index in [1.807, 2.05) is 19.9 Å². The fraction of sp³-hybridized carbons (Fsp3) is 0.344. The zero-order valence-corrected chi connectivity index (χ0v) is 24.0. The summed E-state index contributed by atoms with van der Waals surface area (Å²) in [5.74, 6) is 0.949. The molecule has 0 saturated carbocycles. The lowest BCUT2D eigenvalue weighted by molar-refractivity contribution is -0.147. The van der Waals surface area contributed by atoms with Crippen LogP contribution >= 0.6 is 0 Å². The Morgan fingerprint density at radius 1 is 1.10 bits per heavy atom. The van der Waals surface area contributed by atoms with Crippen molar-refractivity contribution in [3.8, 4) is 40.9 Å². The lowest BCUT2D eigenvalue weighted by Crippen LogP contribution is -2.18. The second-order valence-corrected chi connectivity index (χ2v) is 9.63. The topological polar surface area (TPSA) is 148 Å². The lowest BCUT2D eigenvalue weighted by atomic mass is 10.0. The smallest absolute Gasteiger partial charge is 0.312 e. The van der Waals surface area contributed by atoms with Gasteiger partial charge in [0.2, 0.25) is 11.2 Å². The molecule has 42 heavy (non-hydrogen) atoms. The van der Waals surface area contributed by atoms with Crippen LogP contribution in [0.3, 0.4) is 0 Å². The van der Waals surface area contributed by atoms with Gasteiger partial charge in [0.1, 0.15) is 23.7 Å². The standard InChI is InChI=1S/C32H35NO9/c1-5-16-39-17-6-7-18-40-26(35)14-15-27(36)41-32-29(37)28-24(33)19-25(34)23(13-8-20(2)3)31(28)42-30(32)21-9-11-22(38-4)12-10-21/h1,8-12,19,34H,6-7,13-18,33H2,2-4H3. The Kier molecular flexibility index (Phi) is 11.6. The number of unbranched alkanes of at least 4 members (excludes halogenated alkanes) is 1. The van der Waals surface area contributed by atoms with Crippen molar-refractivity contribution >= 4 is 28.6 Å². The molecule has 0 aliphatic heterocycles. The summed E-state index contributed by atoms with van der Waals surface area (Å²) < 4.78 is 27.2. The molecule has 0 spiro atoms. The van der Waals surface area contributed by atoms with Crippen molar-refractivity contribution in [3.05, 3.63) is 57.8 Å². The van der Waals surface area contributed by atoms with Gasteiger partial charge in [0.05, 0.1) is 37.6 Å². The van der Waals surface area contributed by atoms with Crippen LogP contribution in [-0.4, -0.2) is 44.0 Å². The summed E-state index contributed by atoms with van der Waals surface area (Å²) >= 11 is 0. The zero-order chi connectivity index (χ0) is 30.6. The fourth-order valence-corrected chi connectivity index (χ4v) is 4.01. The monoisotopic (exact) mass is 577 g/mol. The molecule has 222 valence electrons. The maximum Gasteiger partial charge on any atom is 0.312 e. The summed E-state index contributed by atoms with van der Waals surface area (Å²) in [6, 6.07) is 7.85. The van der Waals surface area contributed by atoms with Gasteiger partial charge in [0.15, 0.2) is 5.76 Å². The Hall–Kier alpha value is -4.75. The summed E-state index contributed by atoms with van der Waals surface area (Å²) in [6.45, 7) is 4.66. The third kappa shape index (κ3) is 8.38. The first-order valence-corrected chi connectivity index (χ1v) is 13.4. The Labute approximate surface area is 244 Å². The molecule has 1 heterocycles. The molecular formula is C32H35NO9. The van der Waals surface area contributed by atoms with Crippen LogP contribution in [0.25, 0.3) is 22.3 Å². The molecule has 0 bridgehead atoms. The fourth-order valence-electron chi connectivity index (χ4n) is 4.01. The molecule has 0 saturated heterocycles. The van der Waals surface area contributed by atoms with E-state index in [0.717, 1.165) is 5.57 Å². The Bertz CT molecular complexity index is 1540. The molecule has 0 aliphatic carbocycles. The highest BCUT2D eigenvalue weighted by atomic mass is 16.5. The molecule has 3 aromatic rings. The van der Waals surface area contributed by atoms with Crippen LogP contribution in [0.4, 0.5) is 5.69 Å². The second kappa shape index (κ2) is 15.3. The molecule has 0 atom stereocenters. The van der Waals surface area contributed by atoms with Gasteiger partial charge in [0, 0.05) is 23.8 Å². The molecule has 0 fully saturated rings. The molecule has 2 aromatic carbocycles. The maximum absolute atomic E-state index is 13.8. The SMILES string of the molecule is C#CCOCCCCOC(=O)CCC(=O)Oc1c(-c2ccc(OC)cc2)oc2c(CC=C(C)C)c(O)cc(N)c2c1=O. The average Bonchev–Trinajstić information content (AvgIpc) is 2.96. The summed E-state index contributed by atoms with van der Waals surface area (Å²) in [5.41, 5.74) is 7.24. The van der Waals surface area contributed by atoms with Gasteiger partial charge in [-0.1, -0.05) is 17.6 Å². The molecule has 3 rings (SSSR count). The number of carbonyl (C=O) groups excluding carboxylic acids is 2. The van der Waals surface area contributed by atoms with E-state index in [-0.39, 0.29) is 66.4 Å². The number of terminal acetylenes is 1. The van der Waals surface area contributed by atoms with E-state index in [9.17, 15) is 19.5 Å². The van der Waals surface area contributed by atoms with Crippen LogP contribution in [0, 0.1) is 12.3 Å². The van der Waals surface area contributed by atoms with Crippen LogP contribution in [0.5, 0.6) is 17.2 Å². The first-order chi connectivity index (χ1) is 20.2. The van der Waals surface area contributed by atoms with E-state index >= 15 is 0 Å². The number of allylic oxidation sites excluding steroid dienone is 2. The van der Waals surface area contributed by atoms with Gasteiger partial charge in [-0.15, -0.1) is 6.42 Å². The highest BCUT2D eigenvalue weighted by Gasteiger charge is 2.25. The number of benzene rings is 2. The summed E-state index contributed by atoms with van der Waals surface area (Å²) in [6.07, 6.45) is 7.92. The number of phenolic OH excluding ortho intramolecular Hbond substituents is 1. The predicted octanol–water partition coefficient (Wildman–Crippen LogP) is 4.92. The minimum Gasteiger partial charge on any atom is -0.507 e. The molecule has 10 heteroatoms. The maximum atomic E-state index is 13.8. The van der Waals surface area contributed by atoms with Crippen molar-refractivity contribution in [2.24, 2.45) is 0 Å². The molecule has 1 aromatic heterocycles. The summed E-state index contributed by atoms with van der Waals surface area (Å²) in [4.78, 5) is 38.7. The molecule has 0 amide bonds. The Morgan fingerprint density at radius 2 is 1.79 bits per heavy atom. The first kappa shape index (κ1) is 31.8. The quantitative estimate of drug-likeness (QED) is 0.0889. The third-order valence-electron chi connectivity index (χ3n) is 6.18. The van der Waals surface area contributed by atoms with E-state index in [4.69, 9.17) is 35.5 Å². The number of carbonyl (C=O) groups is 2. The minimum atomic E-state index is -0.835. The van der Waals surface area contributed by atoms with Crippen molar-refractivity contribution in [2.75, 3.05) is 32.7 Å². The largest absolute Gasteiger partial charge is 0.507 e. The number of nitrogens with two attached hydrogens (primary N) is 1. The predicted molar refractivity (Wildman–Crippen MR) is 158 cm³/mol. The van der Waals surface area contributed by atoms with Gasteiger partial charge in [-0.25, -0.2) is 0 Å². The first-order valence-electron chi connectivity index (χ1n) is 13.4. The van der Waals surface area contributed by atoms with Gasteiger partial charge in [0.25, 0.3) is 0 Å². The molecule has 10 nitrogen and oxygen atoms in total. The number of rotatable bonds is 14. The molecule has 0 radical (unpaired) electrons. The van der Waals surface area contributed by atoms with Gasteiger partial charge in [-0.05, 0) is 57.4 Å². The van der Waals surface area contributed by atoms with E-state index in [0.29, 0.717) is 36.3 Å². The number of hydrogen-bond acceptors (Lipinski definition) is 10. The number of ether oxygens (including phenoxy) is 4. The average molecular weight is 578 g/mol. The van der Waals surface area contributed by atoms with Crippen LogP contribution in [0.2, 0.25) is 0 Å². The van der Waals surface area contributed by atoms with Crippen LogP contribution in [0.1, 0.15) is 45.1 Å². The van der Waals surface area contributed by atoms with Crippen LogP contribution < -0.4 is 20.6 Å². The van der Waals surface area contributed by atoms with Gasteiger partial charge in [-0.2, -0.15) is 0 Å². The van der Waals surface area contributed by atoms with Crippen molar-refractivity contribution in [2.45, 2.75) is 46.0 Å². The van der Waals surface area contributed by atoms with Crippen molar-refractivity contribution < 1.29 is 38.1 Å². The van der Waals surface area contributed by atoms with E-state index in [1.165, 1.54) is 13.2 Å². The number of phenols is 1.